The molecule has 0 radical (unpaired) electrons. The van der Waals surface area contributed by atoms with Gasteiger partial charge in [-0.2, -0.15) is 12.7 Å². The van der Waals surface area contributed by atoms with Crippen LogP contribution in [-0.4, -0.2) is 76.8 Å². The molecule has 0 heterocycles. The van der Waals surface area contributed by atoms with Crippen LogP contribution in [0.5, 0.6) is 0 Å². The van der Waals surface area contributed by atoms with Crippen molar-refractivity contribution in [2.45, 2.75) is 57.7 Å². The fourth-order valence-corrected chi connectivity index (χ4v) is 6.37. The van der Waals surface area contributed by atoms with E-state index in [1.54, 1.807) is 25.1 Å². The number of rotatable bonds is 17. The van der Waals surface area contributed by atoms with Gasteiger partial charge in [0.05, 0.1) is 17.8 Å². The number of carbonyl (C=O) groups excluding carboxylic acids is 3. The first-order valence-electron chi connectivity index (χ1n) is 16.5. The number of nitrogens with one attached hydrogen (secondary N) is 4. The highest BCUT2D eigenvalue weighted by Gasteiger charge is 2.27. The molecule has 264 valence electrons. The lowest BCUT2D eigenvalue weighted by molar-refractivity contribution is -0.123. The summed E-state index contributed by atoms with van der Waals surface area (Å²) in [7, 11) is 0.225. The molecule has 3 atom stereocenters. The van der Waals surface area contributed by atoms with Gasteiger partial charge in [-0.3, -0.25) is 18.7 Å². The molecule has 1 saturated carbocycles. The monoisotopic (exact) mass is 710 g/mol. The standard InChI is InChI=1S/C36H47ClN6O5S/c1-6-33(36(46)39-22-26-15-16-26)38-23-31(17-25-11-8-7-9-12-25)41-35(45)29-18-28(20-32(21-29)43(5)49(47,48)42(3)4)34(44)40-24(2)27-13-10-14-30(37)19-27/h7-14,18-21,24,26,31,33,38H,6,15-17,22-23H2,1-5H3,(H,39,46)(H,40,44)(H,41,45)/t24-,31-,33+/m1/s1. The number of nitrogens with zero attached hydrogens (tertiary/aromatic N) is 2. The van der Waals surface area contributed by atoms with Gasteiger partial charge in [-0.1, -0.05) is 61.0 Å². The van der Waals surface area contributed by atoms with Crippen LogP contribution in [-0.2, 0) is 21.4 Å². The minimum absolute atomic E-state index is 0.0697. The second-order valence-corrected chi connectivity index (χ2v) is 15.3. The molecule has 3 aromatic carbocycles. The van der Waals surface area contributed by atoms with Crippen molar-refractivity contribution in [1.82, 2.24) is 25.6 Å². The third-order valence-electron chi connectivity index (χ3n) is 8.57. The Bertz CT molecular complexity index is 1720. The van der Waals surface area contributed by atoms with Crippen molar-refractivity contribution < 1.29 is 22.8 Å². The van der Waals surface area contributed by atoms with Crippen LogP contribution >= 0.6 is 11.6 Å². The molecule has 11 nitrogen and oxygen atoms in total. The smallest absolute Gasteiger partial charge is 0.303 e. The second-order valence-electron chi connectivity index (χ2n) is 12.7. The molecule has 1 aliphatic carbocycles. The summed E-state index contributed by atoms with van der Waals surface area (Å²) in [5, 5.41) is 12.9. The number of anilines is 1. The topological polar surface area (TPSA) is 140 Å². The average molecular weight is 711 g/mol. The van der Waals surface area contributed by atoms with E-state index in [0.29, 0.717) is 36.9 Å². The van der Waals surface area contributed by atoms with Gasteiger partial charge >= 0.3 is 10.2 Å². The minimum atomic E-state index is -3.94. The predicted octanol–water partition coefficient (Wildman–Crippen LogP) is 4.31. The summed E-state index contributed by atoms with van der Waals surface area (Å²) in [5.41, 5.74) is 2.12. The molecule has 3 amide bonds. The highest BCUT2D eigenvalue weighted by Crippen LogP contribution is 2.27. The lowest BCUT2D eigenvalue weighted by atomic mass is 10.0. The van der Waals surface area contributed by atoms with E-state index in [-0.39, 0.29) is 22.7 Å². The van der Waals surface area contributed by atoms with E-state index in [0.717, 1.165) is 32.6 Å². The first-order valence-corrected chi connectivity index (χ1v) is 18.3. The number of hydrogen-bond donors (Lipinski definition) is 4. The van der Waals surface area contributed by atoms with Gasteiger partial charge in [0.1, 0.15) is 0 Å². The van der Waals surface area contributed by atoms with Gasteiger partial charge in [0, 0.05) is 56.4 Å². The van der Waals surface area contributed by atoms with Crippen LogP contribution in [0.3, 0.4) is 0 Å². The summed E-state index contributed by atoms with van der Waals surface area (Å²) in [6.07, 6.45) is 3.32. The maximum absolute atomic E-state index is 13.9. The van der Waals surface area contributed by atoms with Gasteiger partial charge in [-0.05, 0) is 80.0 Å². The Labute approximate surface area is 295 Å². The Morgan fingerprint density at radius 1 is 0.898 bits per heavy atom. The molecule has 1 fully saturated rings. The van der Waals surface area contributed by atoms with E-state index < -0.39 is 40.1 Å². The van der Waals surface area contributed by atoms with Gasteiger partial charge in [-0.15, -0.1) is 0 Å². The number of hydrogen-bond acceptors (Lipinski definition) is 6. The van der Waals surface area contributed by atoms with Crippen molar-refractivity contribution in [2.24, 2.45) is 5.92 Å². The highest BCUT2D eigenvalue weighted by atomic mass is 35.5. The zero-order valence-electron chi connectivity index (χ0n) is 28.7. The van der Waals surface area contributed by atoms with Crippen molar-refractivity contribution in [2.75, 3.05) is 38.5 Å². The van der Waals surface area contributed by atoms with Gasteiger partial charge in [-0.25, -0.2) is 0 Å². The van der Waals surface area contributed by atoms with E-state index in [4.69, 9.17) is 11.6 Å². The zero-order valence-corrected chi connectivity index (χ0v) is 30.3. The zero-order chi connectivity index (χ0) is 35.7. The summed E-state index contributed by atoms with van der Waals surface area (Å²) >= 11 is 6.16. The molecule has 13 heteroatoms. The number of benzene rings is 3. The van der Waals surface area contributed by atoms with Crippen LogP contribution in [0.15, 0.2) is 72.8 Å². The van der Waals surface area contributed by atoms with Crippen LogP contribution in [0.2, 0.25) is 5.02 Å². The first kappa shape index (κ1) is 37.8. The van der Waals surface area contributed by atoms with E-state index in [9.17, 15) is 22.8 Å². The predicted molar refractivity (Wildman–Crippen MR) is 194 cm³/mol. The minimum Gasteiger partial charge on any atom is -0.354 e. The molecule has 4 N–H and O–H groups in total. The Balaban J connectivity index is 1.60. The van der Waals surface area contributed by atoms with Crippen molar-refractivity contribution in [3.05, 3.63) is 100 Å². The Morgan fingerprint density at radius 2 is 1.55 bits per heavy atom. The molecule has 0 saturated heterocycles. The fourth-order valence-electron chi connectivity index (χ4n) is 5.31. The molecule has 3 aromatic rings. The molecule has 49 heavy (non-hydrogen) atoms. The molecule has 0 aromatic heterocycles. The fraction of sp³-hybridized carbons (Fsp3) is 0.417. The third-order valence-corrected chi connectivity index (χ3v) is 10.6. The first-order chi connectivity index (χ1) is 23.3. The van der Waals surface area contributed by atoms with Crippen LogP contribution in [0, 0.1) is 5.92 Å². The summed E-state index contributed by atoms with van der Waals surface area (Å²) in [6.45, 7) is 4.71. The van der Waals surface area contributed by atoms with Crippen LogP contribution in [0.25, 0.3) is 0 Å². The molecule has 0 aliphatic heterocycles. The summed E-state index contributed by atoms with van der Waals surface area (Å²) in [6, 6.07) is 19.8. The number of halogens is 1. The molecular formula is C36H47ClN6O5S. The van der Waals surface area contributed by atoms with Crippen molar-refractivity contribution in [3.63, 3.8) is 0 Å². The largest absolute Gasteiger partial charge is 0.354 e. The van der Waals surface area contributed by atoms with Gasteiger partial charge in [0.2, 0.25) is 5.91 Å². The summed E-state index contributed by atoms with van der Waals surface area (Å²) in [4.78, 5) is 40.4. The van der Waals surface area contributed by atoms with Crippen LogP contribution in [0.4, 0.5) is 5.69 Å². The Kier molecular flexibility index (Phi) is 13.2. The Morgan fingerprint density at radius 3 is 2.14 bits per heavy atom. The van der Waals surface area contributed by atoms with Gasteiger partial charge < -0.3 is 21.3 Å². The van der Waals surface area contributed by atoms with E-state index in [2.05, 4.69) is 21.3 Å². The van der Waals surface area contributed by atoms with Crippen molar-refractivity contribution >= 4 is 45.2 Å². The van der Waals surface area contributed by atoms with Crippen molar-refractivity contribution in [3.8, 4) is 0 Å². The van der Waals surface area contributed by atoms with Crippen LogP contribution < -0.4 is 25.6 Å². The van der Waals surface area contributed by atoms with E-state index in [1.807, 2.05) is 43.3 Å². The SMILES string of the molecule is CC[C@H](NC[C@@H](Cc1ccccc1)NC(=O)c1cc(C(=O)N[C@H](C)c2cccc(Cl)c2)cc(N(C)S(=O)(=O)N(C)C)c1)C(=O)NCC1CC1. The third kappa shape index (κ3) is 10.8. The summed E-state index contributed by atoms with van der Waals surface area (Å²) < 4.78 is 28.2. The normalized spacial score (nSPS) is 14.8. The van der Waals surface area contributed by atoms with E-state index >= 15 is 0 Å². The molecule has 4 rings (SSSR count). The molecule has 0 bridgehead atoms. The van der Waals surface area contributed by atoms with Crippen molar-refractivity contribution in [1.29, 1.82) is 0 Å². The van der Waals surface area contributed by atoms with Crippen LogP contribution in [0.1, 0.15) is 71.0 Å². The highest BCUT2D eigenvalue weighted by molar-refractivity contribution is 7.90. The molecule has 1 aliphatic rings. The number of carbonyl (C=O) groups is 3. The molecule has 0 spiro atoms. The maximum Gasteiger partial charge on any atom is 0.303 e. The van der Waals surface area contributed by atoms with Gasteiger partial charge in [0.25, 0.3) is 11.8 Å². The van der Waals surface area contributed by atoms with E-state index in [1.165, 1.54) is 39.3 Å². The maximum atomic E-state index is 13.9. The Hall–Kier alpha value is -3.97. The lowest BCUT2D eigenvalue weighted by Crippen LogP contribution is -2.50. The molecule has 0 unspecified atom stereocenters. The molecular weight excluding hydrogens is 664 g/mol. The second kappa shape index (κ2) is 17.1. The summed E-state index contributed by atoms with van der Waals surface area (Å²) in [5.74, 6) is -0.506. The van der Waals surface area contributed by atoms with Gasteiger partial charge in [0.15, 0.2) is 0 Å². The average Bonchev–Trinajstić information content (AvgIpc) is 3.92. The lowest BCUT2D eigenvalue weighted by Gasteiger charge is -2.25. The quantitative estimate of drug-likeness (QED) is 0.165. The number of amides is 3.